The first-order valence-electron chi connectivity index (χ1n) is 5.78. The van der Waals surface area contributed by atoms with E-state index in [0.29, 0.717) is 30.1 Å². The van der Waals surface area contributed by atoms with Crippen molar-refractivity contribution in [1.29, 1.82) is 0 Å². The number of hydrogen-bond acceptors (Lipinski definition) is 4. The number of hydrogen-bond donors (Lipinski definition) is 1. The van der Waals surface area contributed by atoms with Crippen LogP contribution in [0.5, 0.6) is 0 Å². The minimum Gasteiger partial charge on any atom is -0.329 e. The summed E-state index contributed by atoms with van der Waals surface area (Å²) in [6.45, 7) is 1.82. The Hall–Kier alpha value is -0.130. The molecule has 2 rings (SSSR count). The molecule has 2 aliphatic rings. The van der Waals surface area contributed by atoms with Crippen LogP contribution in [-0.2, 0) is 9.84 Å². The summed E-state index contributed by atoms with van der Waals surface area (Å²) in [5.74, 6) is 0.733. The minimum atomic E-state index is -2.73. The molecule has 88 valence electrons. The molecule has 15 heavy (non-hydrogen) atoms. The highest BCUT2D eigenvalue weighted by atomic mass is 32.2. The molecule has 0 spiro atoms. The lowest BCUT2D eigenvalue weighted by Crippen LogP contribution is -2.46. The molecule has 0 aliphatic carbocycles. The zero-order chi connectivity index (χ0) is 10.9. The van der Waals surface area contributed by atoms with Gasteiger partial charge >= 0.3 is 0 Å². The van der Waals surface area contributed by atoms with Crippen LogP contribution in [-0.4, -0.2) is 50.0 Å². The molecule has 2 aliphatic heterocycles. The maximum atomic E-state index is 11.3. The van der Waals surface area contributed by atoms with Gasteiger partial charge in [0.2, 0.25) is 0 Å². The Balaban J connectivity index is 1.95. The van der Waals surface area contributed by atoms with E-state index < -0.39 is 9.84 Å². The van der Waals surface area contributed by atoms with Crippen LogP contribution >= 0.6 is 0 Å². The average Bonchev–Trinajstić information content (AvgIpc) is 2.65. The quantitative estimate of drug-likeness (QED) is 0.727. The summed E-state index contributed by atoms with van der Waals surface area (Å²) in [5, 5.41) is 0. The molecular formula is C10H20N2O2S. The summed E-state index contributed by atoms with van der Waals surface area (Å²) in [6, 6.07) is 0.959. The van der Waals surface area contributed by atoms with Crippen LogP contribution in [0.1, 0.15) is 25.7 Å². The molecule has 1 atom stereocenters. The molecule has 0 aromatic carbocycles. The van der Waals surface area contributed by atoms with Crippen molar-refractivity contribution in [2.75, 3.05) is 24.6 Å². The van der Waals surface area contributed by atoms with Crippen molar-refractivity contribution in [2.45, 2.75) is 37.8 Å². The highest BCUT2D eigenvalue weighted by molar-refractivity contribution is 7.91. The second-order valence-corrected chi connectivity index (χ2v) is 6.96. The van der Waals surface area contributed by atoms with Gasteiger partial charge in [-0.2, -0.15) is 0 Å². The van der Waals surface area contributed by atoms with E-state index in [1.807, 2.05) is 0 Å². The molecule has 1 unspecified atom stereocenters. The van der Waals surface area contributed by atoms with Crippen LogP contribution < -0.4 is 5.73 Å². The monoisotopic (exact) mass is 232 g/mol. The van der Waals surface area contributed by atoms with E-state index in [0.717, 1.165) is 19.4 Å². The third-order valence-electron chi connectivity index (χ3n) is 3.69. The van der Waals surface area contributed by atoms with Crippen LogP contribution in [0, 0.1) is 0 Å². The molecule has 0 aromatic heterocycles. The van der Waals surface area contributed by atoms with Crippen LogP contribution in [0.3, 0.4) is 0 Å². The number of sulfone groups is 1. The van der Waals surface area contributed by atoms with Crippen molar-refractivity contribution in [3.05, 3.63) is 0 Å². The molecule has 2 saturated heterocycles. The molecular weight excluding hydrogens is 212 g/mol. The molecule has 0 aromatic rings. The van der Waals surface area contributed by atoms with Gasteiger partial charge in [-0.05, 0) is 32.2 Å². The average molecular weight is 232 g/mol. The second kappa shape index (κ2) is 4.39. The van der Waals surface area contributed by atoms with Gasteiger partial charge in [0.25, 0.3) is 0 Å². The fourth-order valence-electron chi connectivity index (χ4n) is 2.80. The lowest BCUT2D eigenvalue weighted by atomic mass is 10.1. The first-order chi connectivity index (χ1) is 7.12. The van der Waals surface area contributed by atoms with Gasteiger partial charge in [0.1, 0.15) is 9.84 Å². The van der Waals surface area contributed by atoms with Gasteiger partial charge in [0, 0.05) is 18.6 Å². The molecule has 2 fully saturated rings. The van der Waals surface area contributed by atoms with Gasteiger partial charge in [0.15, 0.2) is 0 Å². The van der Waals surface area contributed by atoms with Crippen LogP contribution in [0.15, 0.2) is 0 Å². The summed E-state index contributed by atoms with van der Waals surface area (Å²) in [6.07, 6.45) is 4.00. The van der Waals surface area contributed by atoms with Gasteiger partial charge in [-0.25, -0.2) is 8.42 Å². The number of likely N-dealkylation sites (tertiary alicyclic amines) is 1. The lowest BCUT2D eigenvalue weighted by molar-refractivity contribution is 0.171. The van der Waals surface area contributed by atoms with E-state index >= 15 is 0 Å². The Kier molecular flexibility index (Phi) is 3.33. The fraction of sp³-hybridized carbons (Fsp3) is 1.00. The molecule has 0 amide bonds. The molecule has 0 bridgehead atoms. The van der Waals surface area contributed by atoms with Crippen molar-refractivity contribution in [1.82, 2.24) is 4.90 Å². The Labute approximate surface area is 91.7 Å². The van der Waals surface area contributed by atoms with Crippen LogP contribution in [0.25, 0.3) is 0 Å². The Morgan fingerprint density at radius 1 is 1.20 bits per heavy atom. The molecule has 5 heteroatoms. The number of rotatable bonds is 2. The fourth-order valence-corrected chi connectivity index (χ4v) is 4.27. The van der Waals surface area contributed by atoms with Gasteiger partial charge in [-0.1, -0.05) is 0 Å². The van der Waals surface area contributed by atoms with E-state index in [9.17, 15) is 8.42 Å². The van der Waals surface area contributed by atoms with E-state index in [4.69, 9.17) is 5.73 Å². The van der Waals surface area contributed by atoms with Crippen molar-refractivity contribution < 1.29 is 8.42 Å². The molecule has 4 nitrogen and oxygen atoms in total. The van der Waals surface area contributed by atoms with Gasteiger partial charge < -0.3 is 5.73 Å². The topological polar surface area (TPSA) is 63.4 Å². The molecule has 0 saturated carbocycles. The van der Waals surface area contributed by atoms with Crippen molar-refractivity contribution >= 4 is 9.84 Å². The molecule has 2 heterocycles. The summed E-state index contributed by atoms with van der Waals surface area (Å²) in [4.78, 5) is 2.44. The van der Waals surface area contributed by atoms with Gasteiger partial charge in [0.05, 0.1) is 11.5 Å². The van der Waals surface area contributed by atoms with Crippen molar-refractivity contribution in [3.63, 3.8) is 0 Å². The molecule has 0 radical (unpaired) electrons. The third-order valence-corrected chi connectivity index (χ3v) is 5.40. The lowest BCUT2D eigenvalue weighted by Gasteiger charge is -2.34. The largest absolute Gasteiger partial charge is 0.329 e. The summed E-state index contributed by atoms with van der Waals surface area (Å²) < 4.78 is 22.6. The SMILES string of the molecule is NCC1CCCN1C1CCS(=O)(=O)CC1. The van der Waals surface area contributed by atoms with Crippen LogP contribution in [0.2, 0.25) is 0 Å². The standard InChI is InChI=1S/C10H20N2O2S/c11-8-10-2-1-5-12(10)9-3-6-15(13,14)7-4-9/h9-10H,1-8,11H2. The van der Waals surface area contributed by atoms with Gasteiger partial charge in [-0.15, -0.1) is 0 Å². The Morgan fingerprint density at radius 2 is 1.87 bits per heavy atom. The predicted octanol–water partition coefficient (Wildman–Crippen LogP) is -0.0133. The predicted molar refractivity (Wildman–Crippen MR) is 60.5 cm³/mol. The summed E-state index contributed by atoms with van der Waals surface area (Å²) in [7, 11) is -2.73. The van der Waals surface area contributed by atoms with Crippen molar-refractivity contribution in [3.8, 4) is 0 Å². The zero-order valence-electron chi connectivity index (χ0n) is 9.06. The minimum absolute atomic E-state index is 0.367. The highest BCUT2D eigenvalue weighted by Crippen LogP contribution is 2.26. The highest BCUT2D eigenvalue weighted by Gasteiger charge is 2.33. The molecule has 2 N–H and O–H groups in total. The first-order valence-corrected chi connectivity index (χ1v) is 7.61. The second-order valence-electron chi connectivity index (χ2n) is 4.65. The summed E-state index contributed by atoms with van der Waals surface area (Å²) in [5.41, 5.74) is 5.72. The maximum Gasteiger partial charge on any atom is 0.150 e. The van der Waals surface area contributed by atoms with E-state index in [2.05, 4.69) is 4.90 Å². The maximum absolute atomic E-state index is 11.3. The summed E-state index contributed by atoms with van der Waals surface area (Å²) >= 11 is 0. The van der Waals surface area contributed by atoms with Crippen LogP contribution in [0.4, 0.5) is 0 Å². The Morgan fingerprint density at radius 3 is 2.47 bits per heavy atom. The normalized spacial score (nSPS) is 33.3. The van der Waals surface area contributed by atoms with Gasteiger partial charge in [-0.3, -0.25) is 4.90 Å². The number of nitrogens with zero attached hydrogens (tertiary/aromatic N) is 1. The third kappa shape index (κ3) is 2.52. The van der Waals surface area contributed by atoms with E-state index in [1.165, 1.54) is 12.8 Å². The Bertz CT molecular complexity index is 301. The van der Waals surface area contributed by atoms with Crippen molar-refractivity contribution in [2.24, 2.45) is 5.73 Å². The first kappa shape index (κ1) is 11.4. The number of nitrogens with two attached hydrogens (primary N) is 1. The smallest absolute Gasteiger partial charge is 0.150 e. The van der Waals surface area contributed by atoms with E-state index in [-0.39, 0.29) is 0 Å². The zero-order valence-corrected chi connectivity index (χ0v) is 9.88. The van der Waals surface area contributed by atoms with E-state index in [1.54, 1.807) is 0 Å².